The minimum Gasteiger partial charge on any atom is -0.618 e. The van der Waals surface area contributed by atoms with Crippen LogP contribution >= 0.6 is 0 Å². The molecule has 0 bridgehead atoms. The number of pyridine rings is 1. The van der Waals surface area contributed by atoms with Gasteiger partial charge < -0.3 is 15.3 Å². The molecule has 6 nitrogen and oxygen atoms in total. The van der Waals surface area contributed by atoms with E-state index in [0.29, 0.717) is 10.4 Å². The minimum atomic E-state index is -1.02. The molecular weight excluding hydrogens is 284 g/mol. The van der Waals surface area contributed by atoms with Crippen LogP contribution in [0.2, 0.25) is 0 Å². The van der Waals surface area contributed by atoms with Crippen molar-refractivity contribution in [3.05, 3.63) is 65.1 Å². The Labute approximate surface area is 127 Å². The Bertz CT molecular complexity index is 700. The fraction of sp³-hybridized carbons (Fsp3) is 0.188. The second-order valence-corrected chi connectivity index (χ2v) is 4.82. The Morgan fingerprint density at radius 2 is 2.00 bits per heavy atom. The van der Waals surface area contributed by atoms with E-state index in [9.17, 15) is 14.8 Å². The fourth-order valence-corrected chi connectivity index (χ4v) is 1.83. The van der Waals surface area contributed by atoms with E-state index >= 15 is 0 Å². The van der Waals surface area contributed by atoms with Gasteiger partial charge in [-0.25, -0.2) is 4.79 Å². The fourth-order valence-electron chi connectivity index (χ4n) is 1.83. The summed E-state index contributed by atoms with van der Waals surface area (Å²) in [5, 5.41) is 14.1. The summed E-state index contributed by atoms with van der Waals surface area (Å²) < 4.78 is 5.41. The average Bonchev–Trinajstić information content (AvgIpc) is 2.47. The first-order valence-electron chi connectivity index (χ1n) is 6.74. The molecule has 1 atom stereocenters. The number of amides is 1. The molecule has 0 aliphatic carbocycles. The number of anilines is 1. The number of rotatable bonds is 4. The molecule has 1 amide bonds. The molecule has 0 unspecified atom stereocenters. The summed E-state index contributed by atoms with van der Waals surface area (Å²) in [6.07, 6.45) is 0.168. The van der Waals surface area contributed by atoms with Gasteiger partial charge >= 0.3 is 11.7 Å². The number of carbonyl (C=O) groups excluding carboxylic acids is 2. The molecule has 0 saturated carbocycles. The minimum absolute atomic E-state index is 0.169. The van der Waals surface area contributed by atoms with Gasteiger partial charge in [-0.05, 0) is 37.6 Å². The molecule has 0 aliphatic rings. The molecule has 0 saturated heterocycles. The topological polar surface area (TPSA) is 82.3 Å². The Kier molecular flexibility index (Phi) is 4.73. The molecule has 1 N–H and O–H groups in total. The highest BCUT2D eigenvalue weighted by molar-refractivity contribution is 5.96. The molecule has 0 fully saturated rings. The first-order chi connectivity index (χ1) is 10.5. The maximum Gasteiger partial charge on any atom is 0.405 e. The van der Waals surface area contributed by atoms with Crippen LogP contribution in [-0.2, 0) is 9.53 Å². The quantitative estimate of drug-likeness (QED) is 0.530. The number of aromatic nitrogens is 1. The smallest absolute Gasteiger partial charge is 0.405 e. The zero-order valence-electron chi connectivity index (χ0n) is 12.3. The lowest BCUT2D eigenvalue weighted by Crippen LogP contribution is -2.37. The van der Waals surface area contributed by atoms with Crippen LogP contribution in [0.1, 0.15) is 23.0 Å². The number of benzene rings is 1. The van der Waals surface area contributed by atoms with E-state index in [4.69, 9.17) is 4.74 Å². The molecule has 6 heteroatoms. The van der Waals surface area contributed by atoms with Gasteiger partial charge in [0.1, 0.15) is 0 Å². The van der Waals surface area contributed by atoms with Crippen molar-refractivity contribution in [3.8, 4) is 0 Å². The summed E-state index contributed by atoms with van der Waals surface area (Å²) in [5.74, 6) is -1.31. The first-order valence-corrected chi connectivity index (χ1v) is 6.74. The lowest BCUT2D eigenvalue weighted by molar-refractivity contribution is -0.608. The van der Waals surface area contributed by atoms with Gasteiger partial charge in [0, 0.05) is 17.8 Å². The molecule has 22 heavy (non-hydrogen) atoms. The van der Waals surface area contributed by atoms with Crippen LogP contribution in [0.4, 0.5) is 5.69 Å². The maximum atomic E-state index is 12.0. The number of hydrogen-bond donors (Lipinski definition) is 1. The third-order valence-corrected chi connectivity index (χ3v) is 2.97. The standard InChI is InChI=1S/C16H16N2O4/c1-11-6-5-7-13(10-11)17-15(19)12(2)22-16(20)14-8-3-4-9-18(14)21/h3-10,12H,1-2H3,(H,17,19)/t12-/m1/s1. The van der Waals surface area contributed by atoms with Crippen molar-refractivity contribution >= 4 is 17.6 Å². The number of carbonyl (C=O) groups is 2. The molecule has 2 rings (SSSR count). The zero-order valence-corrected chi connectivity index (χ0v) is 12.3. The molecule has 0 spiro atoms. The van der Waals surface area contributed by atoms with Crippen LogP contribution in [0.15, 0.2) is 48.7 Å². The number of esters is 1. The molecule has 0 aliphatic heterocycles. The maximum absolute atomic E-state index is 12.0. The predicted molar refractivity (Wildman–Crippen MR) is 80.1 cm³/mol. The van der Waals surface area contributed by atoms with Crippen LogP contribution in [0.25, 0.3) is 0 Å². The van der Waals surface area contributed by atoms with Gasteiger partial charge in [-0.1, -0.05) is 12.1 Å². The van der Waals surface area contributed by atoms with Crippen molar-refractivity contribution in [2.24, 2.45) is 0 Å². The van der Waals surface area contributed by atoms with Crippen molar-refractivity contribution in [2.75, 3.05) is 5.32 Å². The molecule has 1 aromatic heterocycles. The SMILES string of the molecule is Cc1cccc(NC(=O)[C@@H](C)OC(=O)c2cccc[n+]2[O-])c1. The van der Waals surface area contributed by atoms with Gasteiger partial charge in [0.05, 0.1) is 0 Å². The van der Waals surface area contributed by atoms with Crippen LogP contribution < -0.4 is 10.0 Å². The van der Waals surface area contributed by atoms with Crippen molar-refractivity contribution < 1.29 is 19.1 Å². The third kappa shape index (κ3) is 3.82. The highest BCUT2D eigenvalue weighted by atomic mass is 16.6. The van der Waals surface area contributed by atoms with Crippen molar-refractivity contribution in [1.29, 1.82) is 0 Å². The normalized spacial score (nSPS) is 11.5. The number of ether oxygens (including phenoxy) is 1. The first kappa shape index (κ1) is 15.5. The largest absolute Gasteiger partial charge is 0.618 e. The van der Waals surface area contributed by atoms with Crippen molar-refractivity contribution in [1.82, 2.24) is 0 Å². The van der Waals surface area contributed by atoms with E-state index in [-0.39, 0.29) is 5.69 Å². The highest BCUT2D eigenvalue weighted by Crippen LogP contribution is 2.10. The molecule has 114 valence electrons. The highest BCUT2D eigenvalue weighted by Gasteiger charge is 2.23. The van der Waals surface area contributed by atoms with Gasteiger partial charge in [0.2, 0.25) is 0 Å². The van der Waals surface area contributed by atoms with E-state index in [1.807, 2.05) is 19.1 Å². The summed E-state index contributed by atoms with van der Waals surface area (Å²) in [5.41, 5.74) is 1.45. The summed E-state index contributed by atoms with van der Waals surface area (Å²) >= 11 is 0. The van der Waals surface area contributed by atoms with Gasteiger partial charge in [-0.3, -0.25) is 4.79 Å². The molecule has 1 heterocycles. The molecule has 2 aromatic rings. The van der Waals surface area contributed by atoms with E-state index in [2.05, 4.69) is 5.32 Å². The van der Waals surface area contributed by atoms with E-state index in [1.54, 1.807) is 18.2 Å². The van der Waals surface area contributed by atoms with Gasteiger partial charge in [-0.2, -0.15) is 4.73 Å². The van der Waals surface area contributed by atoms with Crippen LogP contribution in [-0.4, -0.2) is 18.0 Å². The summed E-state index contributed by atoms with van der Waals surface area (Å²) in [6, 6.07) is 11.6. The Hall–Kier alpha value is -2.89. The zero-order chi connectivity index (χ0) is 16.1. The Morgan fingerprint density at radius 3 is 2.68 bits per heavy atom. The predicted octanol–water partition coefficient (Wildman–Crippen LogP) is 1.81. The molecule has 0 radical (unpaired) electrons. The van der Waals surface area contributed by atoms with Crippen LogP contribution in [0.3, 0.4) is 0 Å². The van der Waals surface area contributed by atoms with Crippen molar-refractivity contribution in [3.63, 3.8) is 0 Å². The van der Waals surface area contributed by atoms with Gasteiger partial charge in [0.25, 0.3) is 5.91 Å². The van der Waals surface area contributed by atoms with E-state index < -0.39 is 18.0 Å². The monoisotopic (exact) mass is 300 g/mol. The van der Waals surface area contributed by atoms with E-state index in [0.717, 1.165) is 5.56 Å². The lowest BCUT2D eigenvalue weighted by Gasteiger charge is -2.13. The summed E-state index contributed by atoms with van der Waals surface area (Å²) in [4.78, 5) is 23.9. The summed E-state index contributed by atoms with van der Waals surface area (Å²) in [7, 11) is 0. The number of aryl methyl sites for hydroxylation is 1. The third-order valence-electron chi connectivity index (χ3n) is 2.97. The number of hydrogen-bond acceptors (Lipinski definition) is 4. The van der Waals surface area contributed by atoms with Crippen LogP contribution in [0.5, 0.6) is 0 Å². The summed E-state index contributed by atoms with van der Waals surface area (Å²) in [6.45, 7) is 3.35. The van der Waals surface area contributed by atoms with Gasteiger partial charge in [-0.15, -0.1) is 0 Å². The average molecular weight is 300 g/mol. The number of nitrogens with zero attached hydrogens (tertiary/aromatic N) is 1. The molecule has 1 aromatic carbocycles. The van der Waals surface area contributed by atoms with E-state index in [1.165, 1.54) is 25.3 Å². The number of nitrogens with one attached hydrogen (secondary N) is 1. The second-order valence-electron chi connectivity index (χ2n) is 4.82. The van der Waals surface area contributed by atoms with Crippen LogP contribution in [0, 0.1) is 12.1 Å². The lowest BCUT2D eigenvalue weighted by atomic mass is 10.2. The molecular formula is C16H16N2O4. The van der Waals surface area contributed by atoms with Gasteiger partial charge in [0.15, 0.2) is 12.3 Å². The second kappa shape index (κ2) is 6.71. The van der Waals surface area contributed by atoms with Crippen molar-refractivity contribution in [2.45, 2.75) is 20.0 Å². The Morgan fingerprint density at radius 1 is 1.23 bits per heavy atom. The Balaban J connectivity index is 1.99.